The molecule has 0 fully saturated rings. The first-order valence-corrected chi connectivity index (χ1v) is 5.14. The molecule has 0 spiro atoms. The van der Waals surface area contributed by atoms with Gasteiger partial charge in [0.05, 0.1) is 12.1 Å². The van der Waals surface area contributed by atoms with E-state index in [4.69, 9.17) is 0 Å². The minimum Gasteiger partial charge on any atom is -0.358 e. The number of nitrogens with one attached hydrogen (secondary N) is 2. The third kappa shape index (κ3) is 5.67. The van der Waals surface area contributed by atoms with Gasteiger partial charge in [-0.2, -0.15) is 0 Å². The summed E-state index contributed by atoms with van der Waals surface area (Å²) in [6.07, 6.45) is -1.90. The summed E-state index contributed by atoms with van der Waals surface area (Å²) in [4.78, 5) is 11.4. The van der Waals surface area contributed by atoms with E-state index in [2.05, 4.69) is 10.6 Å². The van der Waals surface area contributed by atoms with Crippen molar-refractivity contribution in [2.45, 2.75) is 45.7 Å². The van der Waals surface area contributed by atoms with Crippen LogP contribution in [-0.4, -0.2) is 31.5 Å². The van der Waals surface area contributed by atoms with Gasteiger partial charge in [0.25, 0.3) is 6.43 Å². The zero-order valence-corrected chi connectivity index (χ0v) is 9.68. The van der Waals surface area contributed by atoms with Gasteiger partial charge in [-0.3, -0.25) is 10.1 Å². The van der Waals surface area contributed by atoms with Gasteiger partial charge in [-0.05, 0) is 19.3 Å². The second kappa shape index (κ2) is 6.71. The summed E-state index contributed by atoms with van der Waals surface area (Å²) < 4.78 is 24.6. The van der Waals surface area contributed by atoms with E-state index in [1.807, 2.05) is 13.8 Å². The van der Waals surface area contributed by atoms with Crippen LogP contribution in [-0.2, 0) is 4.79 Å². The van der Waals surface area contributed by atoms with Crippen molar-refractivity contribution >= 4 is 5.91 Å². The number of hydrogen-bond donors (Lipinski definition) is 2. The Bertz CT molecular complexity index is 198. The molecule has 90 valence electrons. The molecule has 0 radical (unpaired) electrons. The van der Waals surface area contributed by atoms with E-state index in [-0.39, 0.29) is 11.8 Å². The van der Waals surface area contributed by atoms with Crippen molar-refractivity contribution in [1.29, 1.82) is 0 Å². The minimum atomic E-state index is -2.45. The fourth-order valence-electron chi connectivity index (χ4n) is 1.29. The van der Waals surface area contributed by atoms with Crippen molar-refractivity contribution in [3.05, 3.63) is 0 Å². The summed E-state index contributed by atoms with van der Waals surface area (Å²) >= 11 is 0. The molecule has 0 aliphatic heterocycles. The maximum atomic E-state index is 12.3. The molecule has 15 heavy (non-hydrogen) atoms. The molecular formula is C10H20F2N2O. The third-order valence-corrected chi connectivity index (χ3v) is 2.11. The molecule has 0 aliphatic carbocycles. The van der Waals surface area contributed by atoms with Crippen LogP contribution in [0.5, 0.6) is 0 Å². The molecular weight excluding hydrogens is 202 g/mol. The Kier molecular flexibility index (Phi) is 6.40. The molecule has 2 unspecified atom stereocenters. The monoisotopic (exact) mass is 222 g/mol. The predicted molar refractivity (Wildman–Crippen MR) is 55.9 cm³/mol. The van der Waals surface area contributed by atoms with Gasteiger partial charge in [0.15, 0.2) is 0 Å². The molecule has 0 bridgehead atoms. The third-order valence-electron chi connectivity index (χ3n) is 2.11. The minimum absolute atomic E-state index is 0.240. The van der Waals surface area contributed by atoms with Crippen LogP contribution in [0.15, 0.2) is 0 Å². The Morgan fingerprint density at radius 2 is 1.80 bits per heavy atom. The smallest absolute Gasteiger partial charge is 0.253 e. The molecule has 2 atom stereocenters. The molecule has 5 heteroatoms. The second-order valence-electron chi connectivity index (χ2n) is 4.09. The van der Waals surface area contributed by atoms with Gasteiger partial charge in [-0.15, -0.1) is 0 Å². The summed E-state index contributed by atoms with van der Waals surface area (Å²) in [7, 11) is 1.50. The maximum Gasteiger partial charge on any atom is 0.253 e. The lowest BCUT2D eigenvalue weighted by Gasteiger charge is -2.23. The molecule has 0 rings (SSSR count). The summed E-state index contributed by atoms with van der Waals surface area (Å²) in [6.45, 7) is 5.27. The summed E-state index contributed by atoms with van der Waals surface area (Å²) in [5.74, 6) is 0.0425. The maximum absolute atomic E-state index is 12.3. The zero-order valence-electron chi connectivity index (χ0n) is 9.68. The van der Waals surface area contributed by atoms with Crippen LogP contribution in [0, 0.1) is 5.92 Å². The summed E-state index contributed by atoms with van der Waals surface area (Å²) in [5.41, 5.74) is 0. The van der Waals surface area contributed by atoms with Gasteiger partial charge in [-0.1, -0.05) is 13.8 Å². The Morgan fingerprint density at radius 3 is 2.13 bits per heavy atom. The molecule has 0 aromatic heterocycles. The highest BCUT2D eigenvalue weighted by molar-refractivity contribution is 5.81. The van der Waals surface area contributed by atoms with Gasteiger partial charge >= 0.3 is 0 Å². The van der Waals surface area contributed by atoms with Crippen LogP contribution in [0.25, 0.3) is 0 Å². The van der Waals surface area contributed by atoms with E-state index in [0.29, 0.717) is 6.42 Å². The molecule has 0 aromatic carbocycles. The average molecular weight is 222 g/mol. The van der Waals surface area contributed by atoms with Crippen molar-refractivity contribution in [2.24, 2.45) is 5.92 Å². The van der Waals surface area contributed by atoms with E-state index in [9.17, 15) is 13.6 Å². The Hall–Kier alpha value is -0.710. The van der Waals surface area contributed by atoms with E-state index in [1.54, 1.807) is 0 Å². The highest BCUT2D eigenvalue weighted by Crippen LogP contribution is 2.08. The van der Waals surface area contributed by atoms with Crippen molar-refractivity contribution in [3.8, 4) is 0 Å². The van der Waals surface area contributed by atoms with Crippen molar-refractivity contribution in [1.82, 2.24) is 10.6 Å². The molecule has 0 saturated heterocycles. The van der Waals surface area contributed by atoms with E-state index < -0.39 is 18.5 Å². The SMILES string of the molecule is CNC(=O)C(CC(C)C)NC(C)C(F)F. The lowest BCUT2D eigenvalue weighted by atomic mass is 10.0. The summed E-state index contributed by atoms with van der Waals surface area (Å²) in [6, 6.07) is -1.51. The lowest BCUT2D eigenvalue weighted by Crippen LogP contribution is -2.49. The van der Waals surface area contributed by atoms with Crippen molar-refractivity contribution < 1.29 is 13.6 Å². The quantitative estimate of drug-likeness (QED) is 0.713. The van der Waals surface area contributed by atoms with Gasteiger partial charge in [0.2, 0.25) is 5.91 Å². The zero-order chi connectivity index (χ0) is 12.0. The second-order valence-corrected chi connectivity index (χ2v) is 4.09. The van der Waals surface area contributed by atoms with Gasteiger partial charge in [0.1, 0.15) is 0 Å². The van der Waals surface area contributed by atoms with Crippen molar-refractivity contribution in [2.75, 3.05) is 7.05 Å². The van der Waals surface area contributed by atoms with E-state index in [0.717, 1.165) is 0 Å². The van der Waals surface area contributed by atoms with Gasteiger partial charge < -0.3 is 5.32 Å². The number of hydrogen-bond acceptors (Lipinski definition) is 2. The molecule has 0 heterocycles. The Morgan fingerprint density at radius 1 is 1.27 bits per heavy atom. The normalized spacial score (nSPS) is 15.5. The lowest BCUT2D eigenvalue weighted by molar-refractivity contribution is -0.123. The first kappa shape index (κ1) is 14.3. The van der Waals surface area contributed by atoms with Crippen LogP contribution in [0.1, 0.15) is 27.2 Å². The number of carbonyl (C=O) groups excluding carboxylic acids is 1. The largest absolute Gasteiger partial charge is 0.358 e. The van der Waals surface area contributed by atoms with Gasteiger partial charge in [0, 0.05) is 7.05 Å². The first-order valence-electron chi connectivity index (χ1n) is 5.14. The van der Waals surface area contributed by atoms with Crippen LogP contribution in [0.2, 0.25) is 0 Å². The number of alkyl halides is 2. The summed E-state index contributed by atoms with van der Waals surface area (Å²) in [5, 5.41) is 5.10. The predicted octanol–water partition coefficient (Wildman–Crippen LogP) is 1.39. The number of rotatable bonds is 6. The molecule has 3 nitrogen and oxygen atoms in total. The fourth-order valence-corrected chi connectivity index (χ4v) is 1.29. The molecule has 0 saturated carbocycles. The molecule has 0 aromatic rings. The first-order chi connectivity index (χ1) is 6.88. The Balaban J connectivity index is 4.30. The molecule has 0 aliphatic rings. The fraction of sp³-hybridized carbons (Fsp3) is 0.900. The van der Waals surface area contributed by atoms with Crippen LogP contribution < -0.4 is 10.6 Å². The highest BCUT2D eigenvalue weighted by Gasteiger charge is 2.24. The van der Waals surface area contributed by atoms with E-state index >= 15 is 0 Å². The van der Waals surface area contributed by atoms with Crippen LogP contribution in [0.4, 0.5) is 8.78 Å². The Labute approximate surface area is 89.6 Å². The number of carbonyl (C=O) groups is 1. The van der Waals surface area contributed by atoms with Crippen LogP contribution >= 0.6 is 0 Å². The van der Waals surface area contributed by atoms with Gasteiger partial charge in [-0.25, -0.2) is 8.78 Å². The number of halogens is 2. The standard InChI is InChI=1S/C10H20F2N2O/c1-6(2)5-8(10(15)13-4)14-7(3)9(11)12/h6-9,14H,5H2,1-4H3,(H,13,15). The number of likely N-dealkylation sites (N-methyl/N-ethyl adjacent to an activating group) is 1. The van der Waals surface area contributed by atoms with Crippen LogP contribution in [0.3, 0.4) is 0 Å². The van der Waals surface area contributed by atoms with E-state index in [1.165, 1.54) is 14.0 Å². The molecule has 2 N–H and O–H groups in total. The average Bonchev–Trinajstić information content (AvgIpc) is 2.14. The molecule has 1 amide bonds. The topological polar surface area (TPSA) is 41.1 Å². The van der Waals surface area contributed by atoms with Crippen molar-refractivity contribution in [3.63, 3.8) is 0 Å². The highest BCUT2D eigenvalue weighted by atomic mass is 19.3. The number of amides is 1.